The van der Waals surface area contributed by atoms with Gasteiger partial charge in [-0.25, -0.2) is 8.78 Å². The molecule has 0 radical (unpaired) electrons. The van der Waals surface area contributed by atoms with Gasteiger partial charge in [-0.15, -0.1) is 0 Å². The standard InChI is InChI=1S/C15H15ClF2N2/c1-2-19-13(15-12(17)7-4-8-20-15)9-10-5-3-6-11(16)14(10)18/h3-8,13,19H,2,9H2,1H3. The molecule has 2 aromatic rings. The fraction of sp³-hybridized carbons (Fsp3) is 0.267. The molecule has 0 aliphatic heterocycles. The number of likely N-dealkylation sites (N-methyl/N-ethyl adjacent to an activating group) is 1. The van der Waals surface area contributed by atoms with Crippen LogP contribution in [0.2, 0.25) is 5.02 Å². The Labute approximate surface area is 121 Å². The number of hydrogen-bond donors (Lipinski definition) is 1. The van der Waals surface area contributed by atoms with Gasteiger partial charge in [0.15, 0.2) is 0 Å². The van der Waals surface area contributed by atoms with Crippen molar-refractivity contribution in [2.24, 2.45) is 0 Å². The second-order valence-electron chi connectivity index (χ2n) is 4.40. The zero-order valence-corrected chi connectivity index (χ0v) is 11.8. The summed E-state index contributed by atoms with van der Waals surface area (Å²) in [6, 6.07) is 7.30. The minimum Gasteiger partial charge on any atom is -0.309 e. The minimum absolute atomic E-state index is 0.0687. The summed E-state index contributed by atoms with van der Waals surface area (Å²) < 4.78 is 27.8. The summed E-state index contributed by atoms with van der Waals surface area (Å²) in [6.45, 7) is 2.53. The van der Waals surface area contributed by atoms with Crippen molar-refractivity contribution >= 4 is 11.6 Å². The van der Waals surface area contributed by atoms with Gasteiger partial charge in [0, 0.05) is 6.20 Å². The zero-order chi connectivity index (χ0) is 14.5. The Morgan fingerprint density at radius 1 is 1.25 bits per heavy atom. The molecule has 1 atom stereocenters. The number of rotatable bonds is 5. The van der Waals surface area contributed by atoms with Gasteiger partial charge in [-0.1, -0.05) is 30.7 Å². The highest BCUT2D eigenvalue weighted by molar-refractivity contribution is 6.30. The Balaban J connectivity index is 2.31. The number of aromatic nitrogens is 1. The van der Waals surface area contributed by atoms with Crippen molar-refractivity contribution in [2.45, 2.75) is 19.4 Å². The number of nitrogens with zero attached hydrogens (tertiary/aromatic N) is 1. The van der Waals surface area contributed by atoms with Crippen molar-refractivity contribution < 1.29 is 8.78 Å². The fourth-order valence-corrected chi connectivity index (χ4v) is 2.29. The summed E-state index contributed by atoms with van der Waals surface area (Å²) in [5.74, 6) is -0.866. The van der Waals surface area contributed by atoms with Gasteiger partial charge < -0.3 is 5.32 Å². The van der Waals surface area contributed by atoms with E-state index in [2.05, 4.69) is 10.3 Å². The van der Waals surface area contributed by atoms with E-state index in [0.717, 1.165) is 0 Å². The first-order valence-electron chi connectivity index (χ1n) is 6.40. The largest absolute Gasteiger partial charge is 0.309 e. The van der Waals surface area contributed by atoms with E-state index in [9.17, 15) is 8.78 Å². The molecule has 0 bridgehead atoms. The molecule has 5 heteroatoms. The van der Waals surface area contributed by atoms with Crippen LogP contribution in [-0.4, -0.2) is 11.5 Å². The summed E-state index contributed by atoms with van der Waals surface area (Å²) in [7, 11) is 0. The Kier molecular flexibility index (Phi) is 5.04. The van der Waals surface area contributed by atoms with E-state index < -0.39 is 17.7 Å². The number of pyridine rings is 1. The molecule has 1 heterocycles. The van der Waals surface area contributed by atoms with Crippen LogP contribution in [0.5, 0.6) is 0 Å². The van der Waals surface area contributed by atoms with Crippen molar-refractivity contribution in [1.82, 2.24) is 10.3 Å². The smallest absolute Gasteiger partial charge is 0.146 e. The first-order valence-corrected chi connectivity index (χ1v) is 6.78. The molecule has 2 nitrogen and oxygen atoms in total. The summed E-state index contributed by atoms with van der Waals surface area (Å²) in [4.78, 5) is 4.05. The highest BCUT2D eigenvalue weighted by Gasteiger charge is 2.19. The summed E-state index contributed by atoms with van der Waals surface area (Å²) in [6.07, 6.45) is 1.81. The molecule has 0 saturated heterocycles. The number of benzene rings is 1. The fourth-order valence-electron chi connectivity index (χ4n) is 2.09. The molecule has 0 fully saturated rings. The van der Waals surface area contributed by atoms with Crippen molar-refractivity contribution in [1.29, 1.82) is 0 Å². The number of hydrogen-bond acceptors (Lipinski definition) is 2. The highest BCUT2D eigenvalue weighted by atomic mass is 35.5. The molecule has 106 valence electrons. The molecule has 1 aromatic heterocycles. The van der Waals surface area contributed by atoms with Gasteiger partial charge in [-0.05, 0) is 36.7 Å². The van der Waals surface area contributed by atoms with Gasteiger partial charge in [-0.3, -0.25) is 4.98 Å². The second-order valence-corrected chi connectivity index (χ2v) is 4.80. The van der Waals surface area contributed by atoms with Crippen LogP contribution >= 0.6 is 11.6 Å². The van der Waals surface area contributed by atoms with Crippen LogP contribution in [0, 0.1) is 11.6 Å². The molecule has 1 aromatic carbocycles. The maximum Gasteiger partial charge on any atom is 0.146 e. The molecular formula is C15H15ClF2N2. The lowest BCUT2D eigenvalue weighted by Gasteiger charge is -2.18. The van der Waals surface area contributed by atoms with Crippen molar-refractivity contribution in [3.8, 4) is 0 Å². The molecule has 2 rings (SSSR count). The Bertz CT molecular complexity index is 590. The van der Waals surface area contributed by atoms with Crippen LogP contribution in [0.25, 0.3) is 0 Å². The topological polar surface area (TPSA) is 24.9 Å². The van der Waals surface area contributed by atoms with Crippen molar-refractivity contribution in [3.63, 3.8) is 0 Å². The third-order valence-electron chi connectivity index (χ3n) is 3.02. The lowest BCUT2D eigenvalue weighted by Crippen LogP contribution is -2.25. The maximum atomic E-state index is 13.9. The number of halogens is 3. The molecule has 20 heavy (non-hydrogen) atoms. The van der Waals surface area contributed by atoms with E-state index in [1.54, 1.807) is 12.1 Å². The van der Waals surface area contributed by atoms with Gasteiger partial charge in [0.05, 0.1) is 16.8 Å². The Morgan fingerprint density at radius 2 is 2.05 bits per heavy atom. The summed E-state index contributed by atoms with van der Waals surface area (Å²) in [5, 5.41) is 3.19. The van der Waals surface area contributed by atoms with Crippen LogP contribution in [0.1, 0.15) is 24.2 Å². The van der Waals surface area contributed by atoms with Gasteiger partial charge in [0.2, 0.25) is 0 Å². The molecule has 0 aliphatic rings. The van der Waals surface area contributed by atoms with Gasteiger partial charge in [-0.2, -0.15) is 0 Å². The average Bonchev–Trinajstić information content (AvgIpc) is 2.44. The first kappa shape index (κ1) is 14.9. The van der Waals surface area contributed by atoms with E-state index in [0.29, 0.717) is 12.1 Å². The van der Waals surface area contributed by atoms with E-state index in [1.165, 1.54) is 24.4 Å². The van der Waals surface area contributed by atoms with Gasteiger partial charge in [0.25, 0.3) is 0 Å². The Morgan fingerprint density at radius 3 is 2.75 bits per heavy atom. The number of nitrogens with one attached hydrogen (secondary N) is 1. The van der Waals surface area contributed by atoms with Crippen LogP contribution in [-0.2, 0) is 6.42 Å². The summed E-state index contributed by atoms with van der Waals surface area (Å²) >= 11 is 5.77. The van der Waals surface area contributed by atoms with E-state index in [4.69, 9.17) is 11.6 Å². The van der Waals surface area contributed by atoms with E-state index >= 15 is 0 Å². The van der Waals surface area contributed by atoms with E-state index in [1.807, 2.05) is 6.92 Å². The normalized spacial score (nSPS) is 12.4. The van der Waals surface area contributed by atoms with Crippen LogP contribution in [0.4, 0.5) is 8.78 Å². The molecular weight excluding hydrogens is 282 g/mol. The predicted molar refractivity (Wildman–Crippen MR) is 75.7 cm³/mol. The van der Waals surface area contributed by atoms with Crippen LogP contribution in [0.15, 0.2) is 36.5 Å². The lowest BCUT2D eigenvalue weighted by molar-refractivity contribution is 0.484. The van der Waals surface area contributed by atoms with E-state index in [-0.39, 0.29) is 17.1 Å². The van der Waals surface area contributed by atoms with Crippen molar-refractivity contribution in [2.75, 3.05) is 6.54 Å². The average molecular weight is 297 g/mol. The molecule has 1 unspecified atom stereocenters. The zero-order valence-electron chi connectivity index (χ0n) is 11.0. The molecule has 0 aliphatic carbocycles. The minimum atomic E-state index is -0.464. The van der Waals surface area contributed by atoms with Gasteiger partial charge in [0.1, 0.15) is 11.6 Å². The molecule has 0 saturated carbocycles. The third-order valence-corrected chi connectivity index (χ3v) is 3.32. The Hall–Kier alpha value is -1.52. The summed E-state index contributed by atoms with van der Waals surface area (Å²) in [5.41, 5.74) is 0.724. The monoisotopic (exact) mass is 296 g/mol. The van der Waals surface area contributed by atoms with Crippen LogP contribution in [0.3, 0.4) is 0 Å². The lowest BCUT2D eigenvalue weighted by atomic mass is 10.0. The highest BCUT2D eigenvalue weighted by Crippen LogP contribution is 2.24. The third kappa shape index (κ3) is 3.32. The predicted octanol–water partition coefficient (Wildman–Crippen LogP) is 3.91. The van der Waals surface area contributed by atoms with Gasteiger partial charge >= 0.3 is 0 Å². The SMILES string of the molecule is CCNC(Cc1cccc(Cl)c1F)c1ncccc1F. The molecule has 0 spiro atoms. The maximum absolute atomic E-state index is 13.9. The molecule has 0 amide bonds. The first-order chi connectivity index (χ1) is 9.63. The van der Waals surface area contributed by atoms with Crippen LogP contribution < -0.4 is 5.32 Å². The molecule has 1 N–H and O–H groups in total. The second kappa shape index (κ2) is 6.77. The van der Waals surface area contributed by atoms with Crippen molar-refractivity contribution in [3.05, 3.63) is 64.4 Å². The quantitative estimate of drug-likeness (QED) is 0.905.